The number of hydrogen-bond acceptors (Lipinski definition) is 4. The SMILES string of the molecule is Cc1cccc(NS(=O)(=O)c2cnc(Cl)s2)c1. The summed E-state index contributed by atoms with van der Waals surface area (Å²) in [5.74, 6) is 0. The predicted molar refractivity (Wildman–Crippen MR) is 69.1 cm³/mol. The molecular formula is C10H9ClN2O2S2. The molecule has 17 heavy (non-hydrogen) atoms. The third kappa shape index (κ3) is 2.96. The number of halogens is 1. The second kappa shape index (κ2) is 4.64. The number of aromatic nitrogens is 1. The van der Waals surface area contributed by atoms with Crippen LogP contribution in [-0.2, 0) is 10.0 Å². The molecule has 0 saturated heterocycles. The molecule has 0 radical (unpaired) electrons. The van der Waals surface area contributed by atoms with Crippen LogP contribution in [0.3, 0.4) is 0 Å². The van der Waals surface area contributed by atoms with E-state index in [-0.39, 0.29) is 8.68 Å². The quantitative estimate of drug-likeness (QED) is 0.945. The number of anilines is 1. The Morgan fingerprint density at radius 1 is 1.41 bits per heavy atom. The number of nitrogens with one attached hydrogen (secondary N) is 1. The molecule has 7 heteroatoms. The first-order chi connectivity index (χ1) is 7.97. The topological polar surface area (TPSA) is 59.1 Å². The summed E-state index contributed by atoms with van der Waals surface area (Å²) in [6.45, 7) is 1.89. The summed E-state index contributed by atoms with van der Waals surface area (Å²) >= 11 is 6.53. The summed E-state index contributed by atoms with van der Waals surface area (Å²) in [6, 6.07) is 7.11. The van der Waals surface area contributed by atoms with Gasteiger partial charge in [-0.3, -0.25) is 4.72 Å². The van der Waals surface area contributed by atoms with Gasteiger partial charge in [0, 0.05) is 5.69 Å². The number of rotatable bonds is 3. The first-order valence-corrected chi connectivity index (χ1v) is 7.36. The maximum absolute atomic E-state index is 11.9. The van der Waals surface area contributed by atoms with E-state index in [4.69, 9.17) is 11.6 Å². The Balaban J connectivity index is 2.29. The molecule has 0 amide bonds. The van der Waals surface area contributed by atoms with Crippen molar-refractivity contribution in [1.82, 2.24) is 4.98 Å². The average molecular weight is 289 g/mol. The van der Waals surface area contributed by atoms with Crippen molar-refractivity contribution >= 4 is 38.6 Å². The van der Waals surface area contributed by atoms with E-state index < -0.39 is 10.0 Å². The number of aryl methyl sites for hydroxylation is 1. The lowest BCUT2D eigenvalue weighted by molar-refractivity contribution is 0.603. The summed E-state index contributed by atoms with van der Waals surface area (Å²) in [5, 5.41) is 0. The molecular weight excluding hydrogens is 280 g/mol. The van der Waals surface area contributed by atoms with E-state index in [9.17, 15) is 8.42 Å². The molecule has 0 aliphatic carbocycles. The van der Waals surface area contributed by atoms with Gasteiger partial charge in [-0.25, -0.2) is 13.4 Å². The fourth-order valence-corrected chi connectivity index (χ4v) is 3.62. The van der Waals surface area contributed by atoms with Crippen LogP contribution in [0.4, 0.5) is 5.69 Å². The molecule has 0 saturated carbocycles. The Hall–Kier alpha value is -1.11. The average Bonchev–Trinajstić information content (AvgIpc) is 2.65. The molecule has 0 atom stereocenters. The van der Waals surface area contributed by atoms with Crippen molar-refractivity contribution in [2.75, 3.05) is 4.72 Å². The Bertz CT molecular complexity index is 637. The summed E-state index contributed by atoms with van der Waals surface area (Å²) in [5.41, 5.74) is 1.50. The molecule has 2 aromatic rings. The molecule has 1 heterocycles. The van der Waals surface area contributed by atoms with Gasteiger partial charge in [-0.05, 0) is 24.6 Å². The van der Waals surface area contributed by atoms with Crippen LogP contribution in [0.5, 0.6) is 0 Å². The van der Waals surface area contributed by atoms with Crippen molar-refractivity contribution in [3.8, 4) is 0 Å². The Kier molecular flexibility index (Phi) is 3.37. The normalized spacial score (nSPS) is 11.4. The minimum absolute atomic E-state index is 0.101. The second-order valence-corrected chi connectivity index (χ2v) is 6.93. The first kappa shape index (κ1) is 12.3. The number of nitrogens with zero attached hydrogens (tertiary/aromatic N) is 1. The lowest BCUT2D eigenvalue weighted by Crippen LogP contribution is -2.11. The summed E-state index contributed by atoms with van der Waals surface area (Å²) in [7, 11) is -3.59. The van der Waals surface area contributed by atoms with Crippen LogP contribution in [0.25, 0.3) is 0 Å². The van der Waals surface area contributed by atoms with Gasteiger partial charge in [0.2, 0.25) is 0 Å². The fraction of sp³-hybridized carbons (Fsp3) is 0.100. The van der Waals surface area contributed by atoms with E-state index in [2.05, 4.69) is 9.71 Å². The minimum atomic E-state index is -3.59. The van der Waals surface area contributed by atoms with Crippen molar-refractivity contribution in [3.05, 3.63) is 40.5 Å². The molecule has 1 aromatic carbocycles. The molecule has 1 aromatic heterocycles. The highest BCUT2D eigenvalue weighted by molar-refractivity contribution is 7.94. The van der Waals surface area contributed by atoms with Crippen molar-refractivity contribution < 1.29 is 8.42 Å². The van der Waals surface area contributed by atoms with E-state index in [1.807, 2.05) is 13.0 Å². The second-order valence-electron chi connectivity index (χ2n) is 3.41. The molecule has 0 spiro atoms. The van der Waals surface area contributed by atoms with Crippen LogP contribution in [-0.4, -0.2) is 13.4 Å². The molecule has 0 fully saturated rings. The molecule has 2 rings (SSSR count). The van der Waals surface area contributed by atoms with Crippen LogP contribution in [0.1, 0.15) is 5.56 Å². The van der Waals surface area contributed by atoms with Gasteiger partial charge < -0.3 is 0 Å². The molecule has 4 nitrogen and oxygen atoms in total. The standard InChI is InChI=1S/C10H9ClN2O2S2/c1-7-3-2-4-8(5-7)13-17(14,15)9-6-12-10(11)16-9/h2-6,13H,1H3. The number of benzene rings is 1. The highest BCUT2D eigenvalue weighted by atomic mass is 35.5. The van der Waals surface area contributed by atoms with Crippen LogP contribution < -0.4 is 4.72 Å². The molecule has 90 valence electrons. The lowest BCUT2D eigenvalue weighted by Gasteiger charge is -2.06. The van der Waals surface area contributed by atoms with E-state index in [1.54, 1.807) is 18.2 Å². The van der Waals surface area contributed by atoms with Crippen molar-refractivity contribution in [1.29, 1.82) is 0 Å². The van der Waals surface area contributed by atoms with E-state index >= 15 is 0 Å². The molecule has 0 unspecified atom stereocenters. The van der Waals surface area contributed by atoms with Crippen molar-refractivity contribution in [2.45, 2.75) is 11.1 Å². The summed E-state index contributed by atoms with van der Waals surface area (Å²) < 4.78 is 26.6. The van der Waals surface area contributed by atoms with E-state index in [0.29, 0.717) is 5.69 Å². The molecule has 0 aliphatic rings. The van der Waals surface area contributed by atoms with Gasteiger partial charge in [0.15, 0.2) is 8.68 Å². The zero-order chi connectivity index (χ0) is 12.5. The van der Waals surface area contributed by atoms with E-state index in [0.717, 1.165) is 16.9 Å². The van der Waals surface area contributed by atoms with Gasteiger partial charge in [0.1, 0.15) is 0 Å². The number of hydrogen-bond donors (Lipinski definition) is 1. The third-order valence-corrected chi connectivity index (χ3v) is 4.95. The minimum Gasteiger partial charge on any atom is -0.279 e. The Labute approximate surface area is 108 Å². The van der Waals surface area contributed by atoms with Gasteiger partial charge in [-0.2, -0.15) is 0 Å². The highest BCUT2D eigenvalue weighted by Crippen LogP contribution is 2.24. The zero-order valence-electron chi connectivity index (χ0n) is 8.84. The Morgan fingerprint density at radius 3 is 2.76 bits per heavy atom. The maximum Gasteiger partial charge on any atom is 0.273 e. The zero-order valence-corrected chi connectivity index (χ0v) is 11.2. The predicted octanol–water partition coefficient (Wildman–Crippen LogP) is 2.91. The van der Waals surface area contributed by atoms with Crippen LogP contribution in [0.15, 0.2) is 34.7 Å². The highest BCUT2D eigenvalue weighted by Gasteiger charge is 2.17. The van der Waals surface area contributed by atoms with E-state index in [1.165, 1.54) is 6.20 Å². The van der Waals surface area contributed by atoms with Gasteiger partial charge in [0.25, 0.3) is 10.0 Å². The molecule has 0 aliphatic heterocycles. The largest absolute Gasteiger partial charge is 0.279 e. The van der Waals surface area contributed by atoms with Gasteiger partial charge in [0.05, 0.1) is 6.20 Å². The fourth-order valence-electron chi connectivity index (χ4n) is 1.28. The molecule has 1 N–H and O–H groups in total. The van der Waals surface area contributed by atoms with Gasteiger partial charge >= 0.3 is 0 Å². The smallest absolute Gasteiger partial charge is 0.273 e. The van der Waals surface area contributed by atoms with Crippen LogP contribution in [0.2, 0.25) is 4.47 Å². The number of sulfonamides is 1. The lowest BCUT2D eigenvalue weighted by atomic mass is 10.2. The summed E-state index contributed by atoms with van der Waals surface area (Å²) in [4.78, 5) is 3.71. The molecule has 0 bridgehead atoms. The maximum atomic E-state index is 11.9. The Morgan fingerprint density at radius 2 is 2.18 bits per heavy atom. The van der Waals surface area contributed by atoms with Crippen LogP contribution in [0, 0.1) is 6.92 Å². The number of thiazole rings is 1. The third-order valence-electron chi connectivity index (χ3n) is 1.99. The summed E-state index contributed by atoms with van der Waals surface area (Å²) in [6.07, 6.45) is 1.24. The van der Waals surface area contributed by atoms with Crippen molar-refractivity contribution in [3.63, 3.8) is 0 Å². The van der Waals surface area contributed by atoms with Gasteiger partial charge in [-0.1, -0.05) is 35.1 Å². The first-order valence-electron chi connectivity index (χ1n) is 4.68. The van der Waals surface area contributed by atoms with Gasteiger partial charge in [-0.15, -0.1) is 0 Å². The van der Waals surface area contributed by atoms with Crippen molar-refractivity contribution in [2.24, 2.45) is 0 Å². The van der Waals surface area contributed by atoms with Crippen LogP contribution >= 0.6 is 22.9 Å². The monoisotopic (exact) mass is 288 g/mol.